The van der Waals surface area contributed by atoms with Gasteiger partial charge in [-0.2, -0.15) is 0 Å². The molecule has 1 saturated carbocycles. The highest BCUT2D eigenvalue weighted by atomic mass is 127. The van der Waals surface area contributed by atoms with Crippen molar-refractivity contribution in [2.45, 2.75) is 25.7 Å². The zero-order valence-corrected chi connectivity index (χ0v) is 17.3. The number of piperazine rings is 1. The van der Waals surface area contributed by atoms with E-state index in [4.69, 9.17) is 5.73 Å². The molecule has 3 N–H and O–H groups in total. The number of nitrogens with zero attached hydrogens (tertiary/aromatic N) is 5. The summed E-state index contributed by atoms with van der Waals surface area (Å²) < 4.78 is 0. The largest absolute Gasteiger partial charge is 0.370 e. The molecule has 0 aromatic carbocycles. The van der Waals surface area contributed by atoms with Gasteiger partial charge in [-0.3, -0.25) is 9.79 Å². The van der Waals surface area contributed by atoms with E-state index in [0.717, 1.165) is 25.6 Å². The first-order valence-corrected chi connectivity index (χ1v) is 9.06. The summed E-state index contributed by atoms with van der Waals surface area (Å²) in [7, 11) is 0. The van der Waals surface area contributed by atoms with Crippen LogP contribution in [0.3, 0.4) is 0 Å². The van der Waals surface area contributed by atoms with Gasteiger partial charge in [0.05, 0.1) is 0 Å². The number of anilines is 1. The lowest BCUT2D eigenvalue weighted by Gasteiger charge is -2.34. The van der Waals surface area contributed by atoms with Crippen LogP contribution in [0, 0.1) is 5.92 Å². The molecule has 3 rings (SSSR count). The van der Waals surface area contributed by atoms with Gasteiger partial charge in [-0.1, -0.05) is 6.42 Å². The van der Waals surface area contributed by atoms with Gasteiger partial charge < -0.3 is 20.9 Å². The number of nitrogens with two attached hydrogens (primary N) is 1. The molecule has 9 heteroatoms. The van der Waals surface area contributed by atoms with Crippen molar-refractivity contribution in [2.75, 3.05) is 44.2 Å². The van der Waals surface area contributed by atoms with Crippen LogP contribution in [-0.2, 0) is 4.79 Å². The van der Waals surface area contributed by atoms with Crippen molar-refractivity contribution in [1.29, 1.82) is 0 Å². The molecule has 2 fully saturated rings. The summed E-state index contributed by atoms with van der Waals surface area (Å²) in [5.74, 6) is 2.03. The molecule has 2 aliphatic rings. The van der Waals surface area contributed by atoms with E-state index in [-0.39, 0.29) is 29.9 Å². The number of rotatable bonds is 6. The monoisotopic (exact) mass is 473 g/mol. The second-order valence-electron chi connectivity index (χ2n) is 6.62. The molecule has 0 atom stereocenters. The average molecular weight is 473 g/mol. The summed E-state index contributed by atoms with van der Waals surface area (Å²) in [6, 6.07) is 1.80. The quantitative estimate of drug-likeness (QED) is 0.361. The van der Waals surface area contributed by atoms with Crippen molar-refractivity contribution in [3.63, 3.8) is 0 Å². The van der Waals surface area contributed by atoms with Crippen molar-refractivity contribution < 1.29 is 4.79 Å². The third-order valence-electron chi connectivity index (χ3n) is 4.86. The summed E-state index contributed by atoms with van der Waals surface area (Å²) >= 11 is 0. The lowest BCUT2D eigenvalue weighted by Crippen LogP contribution is -2.49. The van der Waals surface area contributed by atoms with Crippen molar-refractivity contribution in [3.05, 3.63) is 18.5 Å². The first kappa shape index (κ1) is 20.7. The number of aromatic nitrogens is 2. The van der Waals surface area contributed by atoms with Crippen molar-refractivity contribution >= 4 is 41.8 Å². The summed E-state index contributed by atoms with van der Waals surface area (Å²) in [5, 5.41) is 3.04. The maximum absolute atomic E-state index is 12.3. The Morgan fingerprint density at radius 3 is 2.54 bits per heavy atom. The molecule has 2 heterocycles. The number of nitrogens with one attached hydrogen (secondary N) is 1. The van der Waals surface area contributed by atoms with Gasteiger partial charge in [0.25, 0.3) is 0 Å². The standard InChI is InChI=1S/C17H27N7O.HI/c18-16(22-13-14-3-1-4-14)19-8-5-15(25)23-9-11-24(12-10-23)17-20-6-2-7-21-17;/h2,6-7,14H,1,3-5,8-13H2,(H3,18,19,22);1H. The van der Waals surface area contributed by atoms with Crippen LogP contribution in [0.15, 0.2) is 23.5 Å². The molecule has 144 valence electrons. The topological polar surface area (TPSA) is 99.7 Å². The minimum Gasteiger partial charge on any atom is -0.370 e. The highest BCUT2D eigenvalue weighted by molar-refractivity contribution is 14.0. The minimum atomic E-state index is 0. The van der Waals surface area contributed by atoms with Gasteiger partial charge in [0.2, 0.25) is 11.9 Å². The Balaban J connectivity index is 0.00000243. The number of hydrogen-bond acceptors (Lipinski definition) is 5. The smallest absolute Gasteiger partial charge is 0.225 e. The highest BCUT2D eigenvalue weighted by Crippen LogP contribution is 2.26. The summed E-state index contributed by atoms with van der Waals surface area (Å²) in [5.41, 5.74) is 5.84. The van der Waals surface area contributed by atoms with E-state index in [1.165, 1.54) is 19.3 Å². The second-order valence-corrected chi connectivity index (χ2v) is 6.62. The van der Waals surface area contributed by atoms with E-state index >= 15 is 0 Å². The van der Waals surface area contributed by atoms with Crippen LogP contribution in [0.1, 0.15) is 25.7 Å². The molecule has 1 saturated heterocycles. The number of halogens is 1. The van der Waals surface area contributed by atoms with Gasteiger partial charge in [-0.15, -0.1) is 24.0 Å². The van der Waals surface area contributed by atoms with Crippen LogP contribution in [0.25, 0.3) is 0 Å². The Bertz CT molecular complexity index is 586. The SMILES string of the molecule is I.NC(=NCC1CCC1)NCCC(=O)N1CCN(c2ncccn2)CC1. The minimum absolute atomic E-state index is 0. The molecule has 1 aliphatic heterocycles. The molecule has 1 aromatic rings. The first-order valence-electron chi connectivity index (χ1n) is 9.06. The number of aliphatic imine (C=N–C) groups is 1. The van der Waals surface area contributed by atoms with Crippen LogP contribution >= 0.6 is 24.0 Å². The Morgan fingerprint density at radius 2 is 1.92 bits per heavy atom. The maximum atomic E-state index is 12.3. The van der Waals surface area contributed by atoms with Gasteiger partial charge in [-0.05, 0) is 24.8 Å². The Morgan fingerprint density at radius 1 is 1.23 bits per heavy atom. The zero-order valence-electron chi connectivity index (χ0n) is 15.0. The van der Waals surface area contributed by atoms with Crippen LogP contribution in [0.2, 0.25) is 0 Å². The Hall–Kier alpha value is -1.65. The zero-order chi connectivity index (χ0) is 17.5. The van der Waals surface area contributed by atoms with Gasteiger partial charge in [0, 0.05) is 58.1 Å². The van der Waals surface area contributed by atoms with E-state index in [2.05, 4.69) is 25.2 Å². The molecule has 1 amide bonds. The van der Waals surface area contributed by atoms with E-state index in [1.807, 2.05) is 4.90 Å². The molecular formula is C17H28IN7O. The third kappa shape index (κ3) is 5.96. The number of guanidine groups is 1. The molecule has 26 heavy (non-hydrogen) atoms. The van der Waals surface area contributed by atoms with Crippen molar-refractivity contribution in [2.24, 2.45) is 16.6 Å². The normalized spacial score (nSPS) is 18.1. The summed E-state index contributed by atoms with van der Waals surface area (Å²) in [4.78, 5) is 29.1. The first-order chi connectivity index (χ1) is 12.2. The molecule has 0 radical (unpaired) electrons. The molecule has 1 aliphatic carbocycles. The lowest BCUT2D eigenvalue weighted by molar-refractivity contribution is -0.131. The summed E-state index contributed by atoms with van der Waals surface area (Å²) in [6.07, 6.45) is 7.74. The number of carbonyl (C=O) groups excluding carboxylic acids is 1. The maximum Gasteiger partial charge on any atom is 0.225 e. The van der Waals surface area contributed by atoms with Crippen LogP contribution in [0.5, 0.6) is 0 Å². The van der Waals surface area contributed by atoms with Gasteiger partial charge in [-0.25, -0.2) is 9.97 Å². The molecule has 1 aromatic heterocycles. The highest BCUT2D eigenvalue weighted by Gasteiger charge is 2.22. The summed E-state index contributed by atoms with van der Waals surface area (Å²) in [6.45, 7) is 4.24. The predicted molar refractivity (Wildman–Crippen MR) is 113 cm³/mol. The Kier molecular flexibility index (Phi) is 8.33. The molecule has 8 nitrogen and oxygen atoms in total. The van der Waals surface area contributed by atoms with Crippen molar-refractivity contribution in [3.8, 4) is 0 Å². The molecule has 0 unspecified atom stereocenters. The fourth-order valence-electron chi connectivity index (χ4n) is 3.02. The van der Waals surface area contributed by atoms with E-state index < -0.39 is 0 Å². The van der Waals surface area contributed by atoms with Crippen LogP contribution in [0.4, 0.5) is 5.95 Å². The number of hydrogen-bond donors (Lipinski definition) is 2. The third-order valence-corrected chi connectivity index (χ3v) is 4.86. The lowest BCUT2D eigenvalue weighted by atomic mass is 9.86. The molecule has 0 bridgehead atoms. The van der Waals surface area contributed by atoms with E-state index in [0.29, 0.717) is 37.9 Å². The van der Waals surface area contributed by atoms with Crippen LogP contribution in [-0.4, -0.2) is 66.0 Å². The van der Waals surface area contributed by atoms with Gasteiger partial charge >= 0.3 is 0 Å². The number of amides is 1. The van der Waals surface area contributed by atoms with Gasteiger partial charge in [0.1, 0.15) is 0 Å². The van der Waals surface area contributed by atoms with E-state index in [1.54, 1.807) is 18.5 Å². The average Bonchev–Trinajstić information content (AvgIpc) is 2.61. The molecule has 0 spiro atoms. The van der Waals surface area contributed by atoms with Crippen LogP contribution < -0.4 is 16.0 Å². The predicted octanol–water partition coefficient (Wildman–Crippen LogP) is 0.838. The fraction of sp³-hybridized carbons (Fsp3) is 0.647. The fourth-order valence-corrected chi connectivity index (χ4v) is 3.02. The number of carbonyl (C=O) groups is 1. The molecular weight excluding hydrogens is 445 g/mol. The van der Waals surface area contributed by atoms with Crippen molar-refractivity contribution in [1.82, 2.24) is 20.2 Å². The second kappa shape index (κ2) is 10.5. The van der Waals surface area contributed by atoms with Gasteiger partial charge in [0.15, 0.2) is 5.96 Å². The van der Waals surface area contributed by atoms with E-state index in [9.17, 15) is 4.79 Å². The Labute approximate surface area is 171 Å².